The second kappa shape index (κ2) is 6.24. The third-order valence-electron chi connectivity index (χ3n) is 3.86. The predicted molar refractivity (Wildman–Crippen MR) is 87.0 cm³/mol. The summed E-state index contributed by atoms with van der Waals surface area (Å²) in [5, 5.41) is 2.78. The van der Waals surface area contributed by atoms with E-state index in [9.17, 15) is 14.0 Å². The second-order valence-electron chi connectivity index (χ2n) is 5.49. The van der Waals surface area contributed by atoms with Crippen molar-refractivity contribution in [3.05, 3.63) is 52.7 Å². The summed E-state index contributed by atoms with van der Waals surface area (Å²) in [6.45, 7) is 2.49. The van der Waals surface area contributed by atoms with Gasteiger partial charge in [0.2, 0.25) is 5.91 Å². The summed E-state index contributed by atoms with van der Waals surface area (Å²) in [6.07, 6.45) is 3.61. The number of amides is 1. The van der Waals surface area contributed by atoms with Crippen molar-refractivity contribution in [1.29, 1.82) is 0 Å². The Morgan fingerprint density at radius 3 is 2.83 bits per heavy atom. The van der Waals surface area contributed by atoms with Crippen LogP contribution in [0.3, 0.4) is 0 Å². The highest BCUT2D eigenvalue weighted by molar-refractivity contribution is 5.82. The van der Waals surface area contributed by atoms with Gasteiger partial charge < -0.3 is 9.72 Å². The van der Waals surface area contributed by atoms with Crippen molar-refractivity contribution in [2.24, 2.45) is 0 Å². The maximum Gasteiger partial charge on any atom is 0.275 e. The molecule has 0 bridgehead atoms. The monoisotopic (exact) mass is 315 g/mol. The van der Waals surface area contributed by atoms with E-state index in [1.165, 1.54) is 16.7 Å². The molecule has 5 nitrogen and oxygen atoms in total. The van der Waals surface area contributed by atoms with Crippen LogP contribution < -0.4 is 10.9 Å². The molecule has 23 heavy (non-hydrogen) atoms. The fourth-order valence-corrected chi connectivity index (χ4v) is 2.69. The van der Waals surface area contributed by atoms with Crippen LogP contribution in [0.2, 0.25) is 0 Å². The van der Waals surface area contributed by atoms with Crippen LogP contribution in [-0.2, 0) is 11.3 Å². The topological polar surface area (TPSA) is 55.5 Å². The minimum Gasteiger partial charge on any atom is -0.355 e. The zero-order valence-corrected chi connectivity index (χ0v) is 12.9. The molecule has 0 aliphatic carbocycles. The number of carbonyl (C=O) groups excluding carboxylic acids is 1. The number of unbranched alkanes of at least 4 members (excludes halogenated alkanes) is 1. The highest BCUT2D eigenvalue weighted by atomic mass is 19.1. The number of carbonyl (C=O) groups is 1. The molecule has 1 aromatic carbocycles. The van der Waals surface area contributed by atoms with Gasteiger partial charge in [0, 0.05) is 12.7 Å². The molecule has 0 radical (unpaired) electrons. The van der Waals surface area contributed by atoms with Gasteiger partial charge in [-0.2, -0.15) is 0 Å². The van der Waals surface area contributed by atoms with Gasteiger partial charge in [-0.25, -0.2) is 4.39 Å². The first-order valence-electron chi connectivity index (χ1n) is 7.67. The van der Waals surface area contributed by atoms with Crippen LogP contribution in [0.4, 0.5) is 4.39 Å². The molecule has 0 unspecified atom stereocenters. The molecule has 3 aromatic rings. The molecule has 1 amide bonds. The summed E-state index contributed by atoms with van der Waals surface area (Å²) in [5.74, 6) is -0.689. The van der Waals surface area contributed by atoms with Crippen molar-refractivity contribution >= 4 is 22.5 Å². The van der Waals surface area contributed by atoms with Gasteiger partial charge in [-0.3, -0.25) is 14.2 Å². The first-order valence-corrected chi connectivity index (χ1v) is 7.67. The normalized spacial score (nSPS) is 11.2. The SMILES string of the molecule is CCCCNC(=O)Cn1c(=O)c2cccn2c2ccc(F)cc21. The highest BCUT2D eigenvalue weighted by Crippen LogP contribution is 2.16. The molecule has 0 spiro atoms. The number of aromatic nitrogens is 2. The third kappa shape index (κ3) is 2.84. The van der Waals surface area contributed by atoms with Gasteiger partial charge in [-0.05, 0) is 36.8 Å². The molecule has 0 fully saturated rings. The summed E-state index contributed by atoms with van der Waals surface area (Å²) in [7, 11) is 0. The van der Waals surface area contributed by atoms with E-state index in [1.807, 2.05) is 6.92 Å². The smallest absolute Gasteiger partial charge is 0.275 e. The van der Waals surface area contributed by atoms with Crippen LogP contribution in [0, 0.1) is 5.82 Å². The maximum absolute atomic E-state index is 13.6. The summed E-state index contributed by atoms with van der Waals surface area (Å²) < 4.78 is 16.7. The number of hydrogen-bond donors (Lipinski definition) is 1. The van der Waals surface area contributed by atoms with Crippen molar-refractivity contribution in [2.75, 3.05) is 6.54 Å². The molecule has 3 rings (SSSR count). The van der Waals surface area contributed by atoms with E-state index in [2.05, 4.69) is 5.32 Å². The van der Waals surface area contributed by atoms with Crippen molar-refractivity contribution in [1.82, 2.24) is 14.3 Å². The molecular formula is C17H18FN3O2. The van der Waals surface area contributed by atoms with Crippen molar-refractivity contribution in [3.8, 4) is 0 Å². The predicted octanol–water partition coefficient (Wildman–Crippen LogP) is 2.31. The van der Waals surface area contributed by atoms with Gasteiger partial charge in [-0.1, -0.05) is 13.3 Å². The quantitative estimate of drug-likeness (QED) is 0.735. The van der Waals surface area contributed by atoms with Crippen LogP contribution in [-0.4, -0.2) is 21.4 Å². The lowest BCUT2D eigenvalue weighted by Crippen LogP contribution is -2.33. The fraction of sp³-hybridized carbons (Fsp3) is 0.294. The molecule has 120 valence electrons. The lowest BCUT2D eigenvalue weighted by atomic mass is 10.2. The maximum atomic E-state index is 13.6. The van der Waals surface area contributed by atoms with Crippen molar-refractivity contribution < 1.29 is 9.18 Å². The van der Waals surface area contributed by atoms with Gasteiger partial charge in [0.1, 0.15) is 17.9 Å². The number of halogens is 1. The number of benzene rings is 1. The van der Waals surface area contributed by atoms with Crippen LogP contribution >= 0.6 is 0 Å². The minimum absolute atomic E-state index is 0.121. The van der Waals surface area contributed by atoms with E-state index in [0.29, 0.717) is 23.1 Å². The van der Waals surface area contributed by atoms with Gasteiger partial charge in [-0.15, -0.1) is 0 Å². The highest BCUT2D eigenvalue weighted by Gasteiger charge is 2.13. The molecule has 0 atom stereocenters. The summed E-state index contributed by atoms with van der Waals surface area (Å²) >= 11 is 0. The molecule has 1 N–H and O–H groups in total. The first-order chi connectivity index (χ1) is 11.1. The zero-order chi connectivity index (χ0) is 16.4. The molecule has 0 saturated heterocycles. The standard InChI is InChI=1S/C17H18FN3O2/c1-2-3-8-19-16(22)11-21-15-10-12(18)6-7-13(15)20-9-4-5-14(20)17(21)23/h4-7,9-10H,2-3,8,11H2,1H3,(H,19,22). The lowest BCUT2D eigenvalue weighted by Gasteiger charge is -2.13. The average molecular weight is 315 g/mol. The molecule has 0 aliphatic heterocycles. The molecule has 0 aliphatic rings. The van der Waals surface area contributed by atoms with E-state index < -0.39 is 5.82 Å². The van der Waals surface area contributed by atoms with E-state index in [1.54, 1.807) is 28.8 Å². The van der Waals surface area contributed by atoms with Gasteiger partial charge in [0.05, 0.1) is 11.0 Å². The molecule has 6 heteroatoms. The molecule has 0 saturated carbocycles. The Kier molecular flexibility index (Phi) is 4.14. The van der Waals surface area contributed by atoms with E-state index in [-0.39, 0.29) is 18.0 Å². The minimum atomic E-state index is -0.441. The van der Waals surface area contributed by atoms with Gasteiger partial charge in [0.25, 0.3) is 5.56 Å². The summed E-state index contributed by atoms with van der Waals surface area (Å²) in [6, 6.07) is 7.69. The van der Waals surface area contributed by atoms with Gasteiger partial charge >= 0.3 is 0 Å². The summed E-state index contributed by atoms with van der Waals surface area (Å²) in [4.78, 5) is 24.7. The van der Waals surface area contributed by atoms with E-state index in [0.717, 1.165) is 12.8 Å². The van der Waals surface area contributed by atoms with Crippen LogP contribution in [0.15, 0.2) is 41.3 Å². The Bertz CT molecular complexity index is 927. The Morgan fingerprint density at radius 1 is 1.22 bits per heavy atom. The zero-order valence-electron chi connectivity index (χ0n) is 12.9. The van der Waals surface area contributed by atoms with E-state index in [4.69, 9.17) is 0 Å². The Morgan fingerprint density at radius 2 is 2.04 bits per heavy atom. The number of nitrogens with one attached hydrogen (secondary N) is 1. The third-order valence-corrected chi connectivity index (χ3v) is 3.86. The summed E-state index contributed by atoms with van der Waals surface area (Å²) in [5.41, 5.74) is 1.25. The van der Waals surface area contributed by atoms with Crippen LogP contribution in [0.1, 0.15) is 19.8 Å². The first kappa shape index (κ1) is 15.3. The second-order valence-corrected chi connectivity index (χ2v) is 5.49. The van der Waals surface area contributed by atoms with Gasteiger partial charge in [0.15, 0.2) is 0 Å². The Hall–Kier alpha value is -2.63. The van der Waals surface area contributed by atoms with Crippen LogP contribution in [0.5, 0.6) is 0 Å². The molecule has 2 aromatic heterocycles. The Balaban J connectivity index is 2.09. The largest absolute Gasteiger partial charge is 0.355 e. The van der Waals surface area contributed by atoms with Crippen molar-refractivity contribution in [3.63, 3.8) is 0 Å². The number of nitrogens with zero attached hydrogens (tertiary/aromatic N) is 2. The Labute approximate surface area is 132 Å². The van der Waals surface area contributed by atoms with Crippen LogP contribution in [0.25, 0.3) is 16.6 Å². The number of hydrogen-bond acceptors (Lipinski definition) is 2. The fourth-order valence-electron chi connectivity index (χ4n) is 2.69. The van der Waals surface area contributed by atoms with E-state index >= 15 is 0 Å². The number of fused-ring (bicyclic) bond motifs is 3. The van der Waals surface area contributed by atoms with Crippen molar-refractivity contribution in [2.45, 2.75) is 26.3 Å². The molecule has 2 heterocycles. The number of rotatable bonds is 5. The average Bonchev–Trinajstić information content (AvgIpc) is 3.01. The lowest BCUT2D eigenvalue weighted by molar-refractivity contribution is -0.121. The molecular weight excluding hydrogens is 297 g/mol.